The number of carbonyl (C=O) groups excluding carboxylic acids is 1. The van der Waals surface area contributed by atoms with E-state index in [1.807, 2.05) is 0 Å². The molecule has 1 aliphatic rings. The van der Waals surface area contributed by atoms with Gasteiger partial charge in [-0.3, -0.25) is 14.9 Å². The van der Waals surface area contributed by atoms with Crippen molar-refractivity contribution in [3.63, 3.8) is 0 Å². The van der Waals surface area contributed by atoms with E-state index in [4.69, 9.17) is 0 Å². The van der Waals surface area contributed by atoms with Gasteiger partial charge in [0.05, 0.1) is 4.92 Å². The second-order valence-electron chi connectivity index (χ2n) is 6.79. The maximum absolute atomic E-state index is 13.0. The fraction of sp³-hybridized carbons (Fsp3) is 0.263. The molecule has 11 heteroatoms. The van der Waals surface area contributed by atoms with Gasteiger partial charge < -0.3 is 9.80 Å². The third-order valence-corrected chi connectivity index (χ3v) is 4.89. The Morgan fingerprint density at radius 2 is 1.70 bits per heavy atom. The van der Waals surface area contributed by atoms with Crippen LogP contribution in [0.5, 0.6) is 0 Å². The normalized spacial score (nSPS) is 14.0. The Bertz CT molecular complexity index is 1040. The first-order chi connectivity index (χ1) is 14.5. The number of benzene rings is 2. The van der Waals surface area contributed by atoms with Crippen LogP contribution >= 0.6 is 0 Å². The molecule has 0 aliphatic carbocycles. The van der Waals surface area contributed by atoms with Crippen molar-refractivity contribution in [2.45, 2.75) is 6.54 Å². The SMILES string of the molecule is O=C(Cn1nnc(-c2ccc(F)cc2)n1)N1CCN(c2ccc([N+](=O)[O-])cc2)CC1. The summed E-state index contributed by atoms with van der Waals surface area (Å²) in [4.78, 5) is 27.9. The molecule has 154 valence electrons. The second-order valence-corrected chi connectivity index (χ2v) is 6.79. The molecular formula is C19H18FN7O3. The molecule has 4 rings (SSSR count). The van der Waals surface area contributed by atoms with Crippen molar-refractivity contribution in [2.75, 3.05) is 31.1 Å². The average Bonchev–Trinajstić information content (AvgIpc) is 3.23. The molecule has 1 aromatic heterocycles. The summed E-state index contributed by atoms with van der Waals surface area (Å²) in [6, 6.07) is 12.1. The molecule has 0 unspecified atom stereocenters. The highest BCUT2D eigenvalue weighted by molar-refractivity contribution is 5.76. The topological polar surface area (TPSA) is 110 Å². The lowest BCUT2D eigenvalue weighted by atomic mass is 10.2. The number of hydrogen-bond acceptors (Lipinski definition) is 7. The molecule has 2 aromatic carbocycles. The van der Waals surface area contributed by atoms with Gasteiger partial charge >= 0.3 is 0 Å². The number of amides is 1. The lowest BCUT2D eigenvalue weighted by Crippen LogP contribution is -2.49. The summed E-state index contributed by atoms with van der Waals surface area (Å²) in [7, 11) is 0. The lowest BCUT2D eigenvalue weighted by Gasteiger charge is -2.36. The van der Waals surface area contributed by atoms with Gasteiger partial charge in [-0.25, -0.2) is 4.39 Å². The van der Waals surface area contributed by atoms with E-state index in [1.165, 1.54) is 29.1 Å². The van der Waals surface area contributed by atoms with Crippen molar-refractivity contribution < 1.29 is 14.1 Å². The smallest absolute Gasteiger partial charge is 0.269 e. The molecule has 1 fully saturated rings. The zero-order valence-corrected chi connectivity index (χ0v) is 15.9. The molecule has 0 radical (unpaired) electrons. The summed E-state index contributed by atoms with van der Waals surface area (Å²) in [5, 5.41) is 22.8. The fourth-order valence-corrected chi connectivity index (χ4v) is 3.24. The van der Waals surface area contributed by atoms with Gasteiger partial charge in [0, 0.05) is 49.6 Å². The number of piperazine rings is 1. The Morgan fingerprint density at radius 3 is 2.33 bits per heavy atom. The second kappa shape index (κ2) is 8.23. The van der Waals surface area contributed by atoms with Crippen LogP contribution in [0.15, 0.2) is 48.5 Å². The van der Waals surface area contributed by atoms with E-state index >= 15 is 0 Å². The molecule has 3 aromatic rings. The van der Waals surface area contributed by atoms with Crippen LogP contribution in [-0.2, 0) is 11.3 Å². The summed E-state index contributed by atoms with van der Waals surface area (Å²) in [6.07, 6.45) is 0. The number of non-ortho nitro benzene ring substituents is 1. The van der Waals surface area contributed by atoms with Crippen molar-refractivity contribution >= 4 is 17.3 Å². The highest BCUT2D eigenvalue weighted by atomic mass is 19.1. The maximum atomic E-state index is 13.0. The number of tetrazole rings is 1. The van der Waals surface area contributed by atoms with Gasteiger partial charge in [0.2, 0.25) is 11.7 Å². The van der Waals surface area contributed by atoms with Crippen LogP contribution in [0.3, 0.4) is 0 Å². The van der Waals surface area contributed by atoms with Crippen molar-refractivity contribution in [2.24, 2.45) is 0 Å². The summed E-state index contributed by atoms with van der Waals surface area (Å²) < 4.78 is 13.0. The van der Waals surface area contributed by atoms with Crippen molar-refractivity contribution in [1.82, 2.24) is 25.1 Å². The van der Waals surface area contributed by atoms with Gasteiger partial charge in [0.1, 0.15) is 12.4 Å². The Morgan fingerprint density at radius 1 is 1.03 bits per heavy atom. The van der Waals surface area contributed by atoms with E-state index < -0.39 is 4.92 Å². The summed E-state index contributed by atoms with van der Waals surface area (Å²) in [6.45, 7) is 2.25. The molecule has 1 saturated heterocycles. The first-order valence-corrected chi connectivity index (χ1v) is 9.30. The minimum absolute atomic E-state index is 0.0360. The van der Waals surface area contributed by atoms with Crippen molar-refractivity contribution in [3.8, 4) is 11.4 Å². The van der Waals surface area contributed by atoms with Crippen LogP contribution < -0.4 is 4.90 Å². The Labute approximate surface area is 170 Å². The molecular weight excluding hydrogens is 393 g/mol. The summed E-state index contributed by atoms with van der Waals surface area (Å²) >= 11 is 0. The molecule has 30 heavy (non-hydrogen) atoms. The van der Waals surface area contributed by atoms with E-state index in [1.54, 1.807) is 29.2 Å². The standard InChI is InChI=1S/C19H18FN7O3/c20-15-3-1-14(2-4-15)19-21-23-26(22-19)13-18(28)25-11-9-24(10-12-25)16-5-7-17(8-6-16)27(29)30/h1-8H,9-13H2. The van der Waals surface area contributed by atoms with Crippen LogP contribution in [0.1, 0.15) is 0 Å². The van der Waals surface area contributed by atoms with Crippen LogP contribution in [0.4, 0.5) is 15.8 Å². The van der Waals surface area contributed by atoms with Gasteiger partial charge in [-0.05, 0) is 41.6 Å². The van der Waals surface area contributed by atoms with E-state index in [9.17, 15) is 19.3 Å². The molecule has 0 saturated carbocycles. The maximum Gasteiger partial charge on any atom is 0.269 e. The summed E-state index contributed by atoms with van der Waals surface area (Å²) in [5.41, 5.74) is 1.55. The lowest BCUT2D eigenvalue weighted by molar-refractivity contribution is -0.384. The van der Waals surface area contributed by atoms with E-state index in [2.05, 4.69) is 20.3 Å². The van der Waals surface area contributed by atoms with Crippen molar-refractivity contribution in [1.29, 1.82) is 0 Å². The van der Waals surface area contributed by atoms with E-state index in [0.717, 1.165) is 5.69 Å². The number of nitro groups is 1. The number of anilines is 1. The molecule has 1 aliphatic heterocycles. The zero-order chi connectivity index (χ0) is 21.1. The van der Waals surface area contributed by atoms with Crippen LogP contribution in [0.2, 0.25) is 0 Å². The highest BCUT2D eigenvalue weighted by Crippen LogP contribution is 2.21. The number of nitrogens with zero attached hydrogens (tertiary/aromatic N) is 7. The Balaban J connectivity index is 1.32. The monoisotopic (exact) mass is 411 g/mol. The van der Waals surface area contributed by atoms with Gasteiger partial charge in [0.25, 0.3) is 5.69 Å². The molecule has 0 N–H and O–H groups in total. The molecule has 0 spiro atoms. The van der Waals surface area contributed by atoms with Crippen LogP contribution in [0.25, 0.3) is 11.4 Å². The first-order valence-electron chi connectivity index (χ1n) is 9.30. The number of carbonyl (C=O) groups is 1. The third-order valence-electron chi connectivity index (χ3n) is 4.89. The van der Waals surface area contributed by atoms with E-state index in [-0.39, 0.29) is 24.0 Å². The molecule has 0 atom stereocenters. The Hall–Kier alpha value is -3.89. The van der Waals surface area contributed by atoms with Crippen molar-refractivity contribution in [3.05, 3.63) is 64.5 Å². The number of rotatable bonds is 5. The molecule has 0 bridgehead atoms. The largest absolute Gasteiger partial charge is 0.368 e. The highest BCUT2D eigenvalue weighted by Gasteiger charge is 2.22. The van der Waals surface area contributed by atoms with E-state index in [0.29, 0.717) is 37.6 Å². The van der Waals surface area contributed by atoms with Gasteiger partial charge in [-0.1, -0.05) is 0 Å². The first kappa shape index (κ1) is 19.4. The predicted octanol–water partition coefficient (Wildman–Crippen LogP) is 1.74. The fourth-order valence-electron chi connectivity index (χ4n) is 3.24. The number of halogens is 1. The van der Waals surface area contributed by atoms with Crippen LogP contribution in [-0.4, -0.2) is 62.1 Å². The molecule has 2 heterocycles. The predicted molar refractivity (Wildman–Crippen MR) is 105 cm³/mol. The summed E-state index contributed by atoms with van der Waals surface area (Å²) in [5.74, 6) is -0.151. The van der Waals surface area contributed by atoms with Crippen LogP contribution in [0, 0.1) is 15.9 Å². The van der Waals surface area contributed by atoms with Gasteiger partial charge in [-0.2, -0.15) is 4.80 Å². The Kier molecular flexibility index (Phi) is 5.33. The van der Waals surface area contributed by atoms with Gasteiger partial charge in [0.15, 0.2) is 0 Å². The molecule has 10 nitrogen and oxygen atoms in total. The number of hydrogen-bond donors (Lipinski definition) is 0. The third kappa shape index (κ3) is 4.24. The average molecular weight is 411 g/mol. The number of aromatic nitrogens is 4. The molecule has 1 amide bonds. The quantitative estimate of drug-likeness (QED) is 0.464. The zero-order valence-electron chi connectivity index (χ0n) is 15.9. The number of nitro benzene ring substituents is 1. The minimum Gasteiger partial charge on any atom is -0.368 e. The van der Waals surface area contributed by atoms with Gasteiger partial charge in [-0.15, -0.1) is 10.2 Å². The minimum atomic E-state index is -0.431.